The Morgan fingerprint density at radius 2 is 1.93 bits per heavy atom. The van der Waals surface area contributed by atoms with Crippen LogP contribution in [0.4, 0.5) is 15.2 Å². The van der Waals surface area contributed by atoms with Gasteiger partial charge in [0.2, 0.25) is 11.0 Å². The van der Waals surface area contributed by atoms with Crippen molar-refractivity contribution < 1.29 is 14.0 Å². The lowest BCUT2D eigenvalue weighted by Gasteiger charge is -2.08. The maximum atomic E-state index is 13.2. The third-order valence-electron chi connectivity index (χ3n) is 3.70. The molecule has 0 bridgehead atoms. The Hall–Kier alpha value is -2.78. The zero-order chi connectivity index (χ0) is 20.1. The first-order chi connectivity index (χ1) is 13.4. The van der Waals surface area contributed by atoms with E-state index in [4.69, 9.17) is 0 Å². The second-order valence-electron chi connectivity index (χ2n) is 5.99. The van der Waals surface area contributed by atoms with E-state index in [2.05, 4.69) is 20.8 Å². The fourth-order valence-electron chi connectivity index (χ4n) is 2.39. The number of carbonyl (C=O) groups excluding carboxylic acids is 2. The predicted octanol–water partition coefficient (Wildman–Crippen LogP) is 4.28. The number of carbonyl (C=O) groups is 2. The standard InChI is InChI=1S/C19H17FN4O2S2/c1-11-6-7-15(12(2)8-11)21-16(25)10-27-19-24-23-18(28-19)22-17(26)13-4-3-5-14(20)9-13/h3-9H,10H2,1-2H3,(H,21,25)(H,22,23,26). The van der Waals surface area contributed by atoms with E-state index in [1.165, 1.54) is 30.0 Å². The van der Waals surface area contributed by atoms with Gasteiger partial charge in [0.15, 0.2) is 4.34 Å². The number of aryl methyl sites for hydroxylation is 2. The van der Waals surface area contributed by atoms with Crippen LogP contribution < -0.4 is 10.6 Å². The molecule has 0 saturated carbocycles. The summed E-state index contributed by atoms with van der Waals surface area (Å²) in [5.41, 5.74) is 3.09. The van der Waals surface area contributed by atoms with Gasteiger partial charge in [0.1, 0.15) is 5.82 Å². The van der Waals surface area contributed by atoms with Gasteiger partial charge in [-0.1, -0.05) is 46.9 Å². The molecule has 0 aliphatic rings. The van der Waals surface area contributed by atoms with Crippen molar-refractivity contribution in [2.24, 2.45) is 0 Å². The van der Waals surface area contributed by atoms with Gasteiger partial charge in [-0.05, 0) is 43.7 Å². The van der Waals surface area contributed by atoms with E-state index in [0.29, 0.717) is 4.34 Å². The van der Waals surface area contributed by atoms with Gasteiger partial charge < -0.3 is 5.32 Å². The van der Waals surface area contributed by atoms with Gasteiger partial charge in [-0.2, -0.15) is 0 Å². The van der Waals surface area contributed by atoms with Crippen LogP contribution in [0.1, 0.15) is 21.5 Å². The number of thioether (sulfide) groups is 1. The largest absolute Gasteiger partial charge is 0.325 e. The van der Waals surface area contributed by atoms with Gasteiger partial charge in [0, 0.05) is 11.3 Å². The number of halogens is 1. The fourth-order valence-corrected chi connectivity index (χ4v) is 3.93. The number of amides is 2. The monoisotopic (exact) mass is 416 g/mol. The van der Waals surface area contributed by atoms with Crippen molar-refractivity contribution in [3.8, 4) is 0 Å². The van der Waals surface area contributed by atoms with Crippen LogP contribution >= 0.6 is 23.1 Å². The van der Waals surface area contributed by atoms with Crippen LogP contribution in [-0.2, 0) is 4.79 Å². The molecule has 2 N–H and O–H groups in total. The number of anilines is 2. The topological polar surface area (TPSA) is 84.0 Å². The van der Waals surface area contributed by atoms with Gasteiger partial charge >= 0.3 is 0 Å². The van der Waals surface area contributed by atoms with E-state index < -0.39 is 11.7 Å². The molecule has 0 aliphatic heterocycles. The zero-order valence-electron chi connectivity index (χ0n) is 15.2. The Kier molecular flexibility index (Phi) is 6.37. The smallest absolute Gasteiger partial charge is 0.257 e. The van der Waals surface area contributed by atoms with Crippen LogP contribution in [0.3, 0.4) is 0 Å². The molecule has 0 saturated heterocycles. The van der Waals surface area contributed by atoms with E-state index >= 15 is 0 Å². The highest BCUT2D eigenvalue weighted by Gasteiger charge is 2.13. The minimum absolute atomic E-state index is 0.155. The number of hydrogen-bond acceptors (Lipinski definition) is 6. The molecule has 0 aliphatic carbocycles. The van der Waals surface area contributed by atoms with Crippen molar-refractivity contribution in [2.75, 3.05) is 16.4 Å². The summed E-state index contributed by atoms with van der Waals surface area (Å²) in [5, 5.41) is 13.6. The summed E-state index contributed by atoms with van der Waals surface area (Å²) in [7, 11) is 0. The van der Waals surface area contributed by atoms with Gasteiger partial charge in [0.05, 0.1) is 5.75 Å². The highest BCUT2D eigenvalue weighted by Crippen LogP contribution is 2.26. The molecule has 3 aromatic rings. The number of benzene rings is 2. The normalized spacial score (nSPS) is 10.5. The summed E-state index contributed by atoms with van der Waals surface area (Å²) in [4.78, 5) is 24.2. The lowest BCUT2D eigenvalue weighted by molar-refractivity contribution is -0.113. The van der Waals surface area contributed by atoms with Crippen molar-refractivity contribution in [1.29, 1.82) is 0 Å². The van der Waals surface area contributed by atoms with Crippen LogP contribution in [0.25, 0.3) is 0 Å². The molecule has 144 valence electrons. The first kappa shape index (κ1) is 20.0. The molecule has 2 amide bonds. The number of aromatic nitrogens is 2. The van der Waals surface area contributed by atoms with Crippen molar-refractivity contribution >= 4 is 45.7 Å². The molecular weight excluding hydrogens is 399 g/mol. The molecule has 0 spiro atoms. The van der Waals surface area contributed by atoms with Gasteiger partial charge in [-0.15, -0.1) is 10.2 Å². The summed E-state index contributed by atoms with van der Waals surface area (Å²) in [6.45, 7) is 3.93. The van der Waals surface area contributed by atoms with Crippen molar-refractivity contribution in [3.05, 3.63) is 65.0 Å². The average molecular weight is 417 g/mol. The first-order valence-corrected chi connectivity index (χ1v) is 10.1. The lowest BCUT2D eigenvalue weighted by Crippen LogP contribution is -2.14. The molecule has 2 aromatic carbocycles. The molecule has 3 rings (SSSR count). The van der Waals surface area contributed by atoms with E-state index in [0.717, 1.165) is 34.2 Å². The van der Waals surface area contributed by atoms with Crippen molar-refractivity contribution in [3.63, 3.8) is 0 Å². The Labute approximate surface area is 169 Å². The predicted molar refractivity (Wildman–Crippen MR) is 110 cm³/mol. The Morgan fingerprint density at radius 1 is 1.11 bits per heavy atom. The summed E-state index contributed by atoms with van der Waals surface area (Å²) in [5.74, 6) is -0.951. The van der Waals surface area contributed by atoms with Crippen LogP contribution in [0, 0.1) is 19.7 Å². The van der Waals surface area contributed by atoms with Crippen molar-refractivity contribution in [2.45, 2.75) is 18.2 Å². The number of hydrogen-bond donors (Lipinski definition) is 2. The maximum absolute atomic E-state index is 13.2. The van der Waals surface area contributed by atoms with Crippen LogP contribution in [-0.4, -0.2) is 27.8 Å². The summed E-state index contributed by atoms with van der Waals surface area (Å²) in [6.07, 6.45) is 0. The second-order valence-corrected chi connectivity index (χ2v) is 8.19. The van der Waals surface area contributed by atoms with E-state index in [-0.39, 0.29) is 22.4 Å². The second kappa shape index (κ2) is 8.94. The Morgan fingerprint density at radius 3 is 2.68 bits per heavy atom. The van der Waals surface area contributed by atoms with Crippen LogP contribution in [0.15, 0.2) is 46.8 Å². The third kappa shape index (κ3) is 5.37. The highest BCUT2D eigenvalue weighted by atomic mass is 32.2. The van der Waals surface area contributed by atoms with Gasteiger partial charge in [0.25, 0.3) is 5.91 Å². The summed E-state index contributed by atoms with van der Waals surface area (Å²) < 4.78 is 13.7. The minimum Gasteiger partial charge on any atom is -0.325 e. The molecule has 1 heterocycles. The molecule has 0 radical (unpaired) electrons. The van der Waals surface area contributed by atoms with E-state index in [9.17, 15) is 14.0 Å². The molecule has 28 heavy (non-hydrogen) atoms. The third-order valence-corrected chi connectivity index (χ3v) is 5.67. The maximum Gasteiger partial charge on any atom is 0.257 e. The fraction of sp³-hybridized carbons (Fsp3) is 0.158. The quantitative estimate of drug-likeness (QED) is 0.463. The number of nitrogens with one attached hydrogen (secondary N) is 2. The first-order valence-electron chi connectivity index (χ1n) is 8.31. The average Bonchev–Trinajstić information content (AvgIpc) is 3.10. The Balaban J connectivity index is 1.53. The molecule has 1 aromatic heterocycles. The Bertz CT molecular complexity index is 1020. The number of nitrogens with zero attached hydrogens (tertiary/aromatic N) is 2. The molecule has 0 unspecified atom stereocenters. The van der Waals surface area contributed by atoms with Gasteiger partial charge in [-0.3, -0.25) is 14.9 Å². The molecule has 0 atom stereocenters. The minimum atomic E-state index is -0.490. The lowest BCUT2D eigenvalue weighted by atomic mass is 10.1. The van der Waals surface area contributed by atoms with E-state index in [1.807, 2.05) is 32.0 Å². The molecule has 0 fully saturated rings. The zero-order valence-corrected chi connectivity index (χ0v) is 16.8. The molecular formula is C19H17FN4O2S2. The summed E-state index contributed by atoms with van der Waals surface area (Å²) >= 11 is 2.37. The molecule has 9 heteroatoms. The summed E-state index contributed by atoms with van der Waals surface area (Å²) in [6, 6.07) is 11.2. The SMILES string of the molecule is Cc1ccc(NC(=O)CSc2nnc(NC(=O)c3cccc(F)c3)s2)c(C)c1. The molecule has 6 nitrogen and oxygen atoms in total. The number of rotatable bonds is 6. The highest BCUT2D eigenvalue weighted by molar-refractivity contribution is 8.01. The van der Waals surface area contributed by atoms with Crippen molar-refractivity contribution in [1.82, 2.24) is 10.2 Å². The van der Waals surface area contributed by atoms with Crippen LogP contribution in [0.5, 0.6) is 0 Å². The van der Waals surface area contributed by atoms with E-state index in [1.54, 1.807) is 0 Å². The van der Waals surface area contributed by atoms with Crippen LogP contribution in [0.2, 0.25) is 0 Å². The van der Waals surface area contributed by atoms with Gasteiger partial charge in [-0.25, -0.2) is 4.39 Å².